The maximum Gasteiger partial charge on any atom is 0.303 e. The van der Waals surface area contributed by atoms with Crippen molar-refractivity contribution in [2.24, 2.45) is 5.92 Å². The Morgan fingerprint density at radius 2 is 1.77 bits per heavy atom. The number of carboxylic acid groups (broad SMARTS) is 1. The fraction of sp³-hybridized carbons (Fsp3) is 0.263. The van der Waals surface area contributed by atoms with E-state index in [1.807, 2.05) is 0 Å². The molecular formula is C19H16O7. The minimum Gasteiger partial charge on any atom is -0.507 e. The number of phenols is 3. The largest absolute Gasteiger partial charge is 0.507 e. The first-order valence-electron chi connectivity index (χ1n) is 8.11. The van der Waals surface area contributed by atoms with Crippen LogP contribution in [-0.2, 0) is 10.4 Å². The zero-order valence-electron chi connectivity index (χ0n) is 13.5. The van der Waals surface area contributed by atoms with Crippen LogP contribution >= 0.6 is 0 Å². The number of carbonyl (C=O) groups is 2. The Kier molecular flexibility index (Phi) is 3.29. The molecule has 0 aromatic heterocycles. The summed E-state index contributed by atoms with van der Waals surface area (Å²) in [6.07, 6.45) is -0.440. The van der Waals surface area contributed by atoms with E-state index in [1.54, 1.807) is 0 Å². The van der Waals surface area contributed by atoms with E-state index in [2.05, 4.69) is 0 Å². The minimum atomic E-state index is -1.68. The summed E-state index contributed by atoms with van der Waals surface area (Å²) in [6.45, 7) is 0. The van der Waals surface area contributed by atoms with Crippen LogP contribution in [0.4, 0.5) is 0 Å². The first-order valence-corrected chi connectivity index (χ1v) is 8.11. The first kappa shape index (κ1) is 16.4. The third kappa shape index (κ3) is 2.04. The van der Waals surface area contributed by atoms with Gasteiger partial charge in [0.1, 0.15) is 11.4 Å². The van der Waals surface area contributed by atoms with E-state index in [0.29, 0.717) is 5.56 Å². The second-order valence-corrected chi connectivity index (χ2v) is 6.87. The molecule has 2 aliphatic rings. The lowest BCUT2D eigenvalue weighted by Crippen LogP contribution is -2.46. The SMILES string of the molecule is O=C(O)C[C@H]1c2cc(O)c(O)cc2C2(O)CC1C(=O)c1c(O)cccc12. The number of fused-ring (bicyclic) bond motifs is 6. The van der Waals surface area contributed by atoms with Crippen LogP contribution < -0.4 is 0 Å². The number of phenolic OH excluding ortho intramolecular Hbond substituents is 3. The maximum absolute atomic E-state index is 13.0. The molecule has 0 spiro atoms. The van der Waals surface area contributed by atoms with Crippen LogP contribution in [0.3, 0.4) is 0 Å². The smallest absolute Gasteiger partial charge is 0.303 e. The lowest BCUT2D eigenvalue weighted by molar-refractivity contribution is -0.138. The van der Waals surface area contributed by atoms with Crippen molar-refractivity contribution in [1.82, 2.24) is 0 Å². The lowest BCUT2D eigenvalue weighted by atomic mass is 9.58. The summed E-state index contributed by atoms with van der Waals surface area (Å²) in [5, 5.41) is 50.7. The fourth-order valence-electron chi connectivity index (χ4n) is 4.35. The molecule has 0 saturated carbocycles. The molecule has 5 N–H and O–H groups in total. The maximum atomic E-state index is 13.0. The van der Waals surface area contributed by atoms with Crippen molar-refractivity contribution in [2.45, 2.75) is 24.4 Å². The van der Waals surface area contributed by atoms with E-state index < -0.39 is 40.7 Å². The zero-order valence-corrected chi connectivity index (χ0v) is 13.5. The summed E-state index contributed by atoms with van der Waals surface area (Å²) in [7, 11) is 0. The zero-order chi connectivity index (χ0) is 18.8. The topological polar surface area (TPSA) is 135 Å². The van der Waals surface area contributed by atoms with Crippen LogP contribution in [0.1, 0.15) is 45.8 Å². The highest BCUT2D eigenvalue weighted by Crippen LogP contribution is 2.56. The van der Waals surface area contributed by atoms with E-state index in [9.17, 15) is 35.1 Å². The van der Waals surface area contributed by atoms with Crippen LogP contribution in [0.5, 0.6) is 17.2 Å². The van der Waals surface area contributed by atoms with E-state index >= 15 is 0 Å². The van der Waals surface area contributed by atoms with Gasteiger partial charge in [0, 0.05) is 17.4 Å². The highest BCUT2D eigenvalue weighted by Gasteiger charge is 2.53. The first-order chi connectivity index (χ1) is 12.2. The molecule has 0 heterocycles. The molecule has 2 aromatic carbocycles. The second kappa shape index (κ2) is 5.22. The monoisotopic (exact) mass is 356 g/mol. The summed E-state index contributed by atoms with van der Waals surface area (Å²) >= 11 is 0. The molecule has 0 amide bonds. The van der Waals surface area contributed by atoms with Gasteiger partial charge in [0.15, 0.2) is 17.3 Å². The molecule has 134 valence electrons. The van der Waals surface area contributed by atoms with Gasteiger partial charge in [-0.3, -0.25) is 9.59 Å². The number of rotatable bonds is 2. The highest BCUT2D eigenvalue weighted by molar-refractivity contribution is 6.04. The average molecular weight is 356 g/mol. The highest BCUT2D eigenvalue weighted by atomic mass is 16.4. The minimum absolute atomic E-state index is 0.0279. The van der Waals surface area contributed by atoms with Gasteiger partial charge in [-0.05, 0) is 35.7 Å². The number of aromatic hydroxyl groups is 3. The molecule has 0 fully saturated rings. The van der Waals surface area contributed by atoms with Crippen molar-refractivity contribution in [3.63, 3.8) is 0 Å². The number of Topliss-reactive ketones (excluding diaryl/α,β-unsaturated/α-hetero) is 1. The third-order valence-corrected chi connectivity index (χ3v) is 5.46. The van der Waals surface area contributed by atoms with Gasteiger partial charge in [0.05, 0.1) is 12.0 Å². The normalized spacial score (nSPS) is 26.1. The molecule has 0 saturated heterocycles. The quantitative estimate of drug-likeness (QED) is 0.518. The molecule has 26 heavy (non-hydrogen) atoms. The summed E-state index contributed by atoms with van der Waals surface area (Å²) in [5.74, 6) is -4.42. The Morgan fingerprint density at radius 3 is 2.46 bits per heavy atom. The number of benzene rings is 2. The molecule has 2 aliphatic carbocycles. The number of aliphatic carboxylic acids is 1. The van der Waals surface area contributed by atoms with E-state index in [0.717, 1.165) is 0 Å². The molecule has 2 unspecified atom stereocenters. The van der Waals surface area contributed by atoms with Crippen LogP contribution in [0, 0.1) is 5.92 Å². The van der Waals surface area contributed by atoms with Crippen molar-refractivity contribution in [3.8, 4) is 17.2 Å². The van der Waals surface area contributed by atoms with Crippen LogP contribution in [-0.4, -0.2) is 37.3 Å². The lowest BCUT2D eigenvalue weighted by Gasteiger charge is -2.46. The standard InChI is InChI=1S/C19H16O7/c20-13-3-1-2-11-17(13)18(25)10-7-19(11,26)12-6-15(22)14(21)4-9(12)8(10)5-16(23)24/h1-4,6,8,10,20-22,26H,5,7H2,(H,23,24)/t8-,10?,19?/m0/s1. The van der Waals surface area contributed by atoms with Gasteiger partial charge >= 0.3 is 5.97 Å². The van der Waals surface area contributed by atoms with Gasteiger partial charge in [0.25, 0.3) is 0 Å². The summed E-state index contributed by atoms with van der Waals surface area (Å²) < 4.78 is 0. The molecule has 3 atom stereocenters. The number of ketones is 1. The Labute approximate surface area is 147 Å². The van der Waals surface area contributed by atoms with Crippen molar-refractivity contribution in [3.05, 3.63) is 52.6 Å². The molecule has 4 rings (SSSR count). The van der Waals surface area contributed by atoms with Crippen molar-refractivity contribution in [2.75, 3.05) is 0 Å². The van der Waals surface area contributed by atoms with Gasteiger partial charge in [-0.2, -0.15) is 0 Å². The van der Waals surface area contributed by atoms with Gasteiger partial charge in [-0.15, -0.1) is 0 Å². The number of aliphatic hydroxyl groups is 1. The number of hydrogen-bond acceptors (Lipinski definition) is 6. The van der Waals surface area contributed by atoms with Crippen LogP contribution in [0.25, 0.3) is 0 Å². The number of carboxylic acids is 1. The van der Waals surface area contributed by atoms with Crippen LogP contribution in [0.2, 0.25) is 0 Å². The van der Waals surface area contributed by atoms with E-state index in [4.69, 9.17) is 0 Å². The Morgan fingerprint density at radius 1 is 1.08 bits per heavy atom. The molecule has 2 bridgehead atoms. The Hall–Kier alpha value is -3.06. The summed E-state index contributed by atoms with van der Waals surface area (Å²) in [6, 6.07) is 6.76. The summed E-state index contributed by atoms with van der Waals surface area (Å²) in [5.41, 5.74) is -0.959. The third-order valence-electron chi connectivity index (χ3n) is 5.46. The van der Waals surface area contributed by atoms with Crippen molar-refractivity contribution < 1.29 is 35.1 Å². The number of carbonyl (C=O) groups excluding carboxylic acids is 1. The summed E-state index contributed by atoms with van der Waals surface area (Å²) in [4.78, 5) is 24.3. The molecule has 2 aromatic rings. The predicted molar refractivity (Wildman–Crippen MR) is 88.3 cm³/mol. The van der Waals surface area contributed by atoms with Crippen molar-refractivity contribution >= 4 is 11.8 Å². The van der Waals surface area contributed by atoms with Gasteiger partial charge in [0.2, 0.25) is 0 Å². The van der Waals surface area contributed by atoms with Gasteiger partial charge in [-0.1, -0.05) is 12.1 Å². The second-order valence-electron chi connectivity index (χ2n) is 6.87. The number of hydrogen-bond donors (Lipinski definition) is 5. The Bertz CT molecular complexity index is 965. The van der Waals surface area contributed by atoms with Gasteiger partial charge < -0.3 is 25.5 Å². The molecule has 0 aliphatic heterocycles. The Balaban J connectivity index is 2.06. The molecule has 7 heteroatoms. The molecule has 0 radical (unpaired) electrons. The van der Waals surface area contributed by atoms with Gasteiger partial charge in [-0.25, -0.2) is 0 Å². The predicted octanol–water partition coefficient (Wildman–Crippen LogP) is 1.81. The molecular weight excluding hydrogens is 340 g/mol. The van der Waals surface area contributed by atoms with E-state index in [1.165, 1.54) is 30.3 Å². The van der Waals surface area contributed by atoms with E-state index in [-0.39, 0.29) is 35.3 Å². The fourth-order valence-corrected chi connectivity index (χ4v) is 4.35. The van der Waals surface area contributed by atoms with Crippen molar-refractivity contribution in [1.29, 1.82) is 0 Å². The average Bonchev–Trinajstić information content (AvgIpc) is 2.57. The molecule has 7 nitrogen and oxygen atoms in total. The van der Waals surface area contributed by atoms with Crippen LogP contribution in [0.15, 0.2) is 30.3 Å².